The molecule has 0 fully saturated rings. The molecular formula is C5H10N2OS. The molecule has 1 heterocycles. The van der Waals surface area contributed by atoms with Gasteiger partial charge < -0.3 is 0 Å². The molecule has 0 aromatic carbocycles. The monoisotopic (exact) mass is 146 g/mol. The standard InChI is InChI=1S/C5H10N2OS/c1-4(2)5-6-7(5)8-9-3/h4H,1-3H3. The number of hydrogen-bond donors (Lipinski definition) is 0. The van der Waals surface area contributed by atoms with E-state index in [0.29, 0.717) is 5.92 Å². The highest BCUT2D eigenvalue weighted by molar-refractivity contribution is 7.93. The Bertz CT molecular complexity index is 135. The number of hydrazone groups is 1. The van der Waals surface area contributed by atoms with Crippen molar-refractivity contribution in [1.29, 1.82) is 0 Å². The largest absolute Gasteiger partial charge is 0.182 e. The zero-order valence-electron chi connectivity index (χ0n) is 5.79. The molecule has 9 heavy (non-hydrogen) atoms. The summed E-state index contributed by atoms with van der Waals surface area (Å²) >= 11 is 1.30. The number of nitrogens with zero attached hydrogens (tertiary/aromatic N) is 2. The third-order valence-corrected chi connectivity index (χ3v) is 1.30. The Hall–Kier alpha value is -0.220. The first-order valence-corrected chi connectivity index (χ1v) is 4.00. The molecule has 0 saturated heterocycles. The summed E-state index contributed by atoms with van der Waals surface area (Å²) in [6, 6.07) is 0. The topological polar surface area (TPSA) is 24.6 Å². The van der Waals surface area contributed by atoms with Gasteiger partial charge in [0.05, 0.1) is 0 Å². The van der Waals surface area contributed by atoms with Crippen LogP contribution in [0.15, 0.2) is 5.10 Å². The van der Waals surface area contributed by atoms with E-state index in [-0.39, 0.29) is 0 Å². The molecule has 0 N–H and O–H groups in total. The summed E-state index contributed by atoms with van der Waals surface area (Å²) in [5, 5.41) is 5.50. The lowest BCUT2D eigenvalue weighted by Gasteiger charge is -1.98. The summed E-state index contributed by atoms with van der Waals surface area (Å²) in [6.45, 7) is 4.17. The van der Waals surface area contributed by atoms with Crippen LogP contribution in [0.1, 0.15) is 13.8 Å². The first-order valence-electron chi connectivity index (χ1n) is 2.85. The summed E-state index contributed by atoms with van der Waals surface area (Å²) in [4.78, 5) is 0. The molecule has 0 saturated carbocycles. The zero-order valence-corrected chi connectivity index (χ0v) is 6.60. The van der Waals surface area contributed by atoms with E-state index >= 15 is 0 Å². The average Bonchev–Trinajstić information content (AvgIpc) is 2.47. The molecule has 0 amide bonds. The minimum atomic E-state index is 0.483. The first kappa shape index (κ1) is 6.89. The number of rotatable bonds is 3. The minimum absolute atomic E-state index is 0.483. The van der Waals surface area contributed by atoms with Crippen LogP contribution >= 0.6 is 12.0 Å². The molecule has 0 aromatic heterocycles. The zero-order chi connectivity index (χ0) is 6.85. The molecule has 1 rings (SSSR count). The summed E-state index contributed by atoms with van der Waals surface area (Å²) in [6.07, 6.45) is 1.87. The van der Waals surface area contributed by atoms with Gasteiger partial charge >= 0.3 is 0 Å². The summed E-state index contributed by atoms with van der Waals surface area (Å²) in [7, 11) is 0. The predicted molar refractivity (Wildman–Crippen MR) is 38.7 cm³/mol. The Morgan fingerprint density at radius 2 is 2.33 bits per heavy atom. The lowest BCUT2D eigenvalue weighted by atomic mass is 10.2. The molecule has 0 bridgehead atoms. The molecular weight excluding hydrogens is 136 g/mol. The molecule has 1 aliphatic heterocycles. The summed E-state index contributed by atoms with van der Waals surface area (Å²) in [5.41, 5.74) is 0. The second-order valence-corrected chi connectivity index (χ2v) is 2.61. The van der Waals surface area contributed by atoms with E-state index in [1.165, 1.54) is 12.0 Å². The van der Waals surface area contributed by atoms with Crippen LogP contribution in [0.3, 0.4) is 0 Å². The van der Waals surface area contributed by atoms with Gasteiger partial charge in [0.15, 0.2) is 5.84 Å². The highest BCUT2D eigenvalue weighted by atomic mass is 32.2. The van der Waals surface area contributed by atoms with Gasteiger partial charge in [-0.25, -0.2) is 0 Å². The molecule has 0 unspecified atom stereocenters. The fourth-order valence-corrected chi connectivity index (χ4v) is 0.783. The van der Waals surface area contributed by atoms with Crippen molar-refractivity contribution in [2.75, 3.05) is 6.26 Å². The highest BCUT2D eigenvalue weighted by Gasteiger charge is 2.28. The average molecular weight is 146 g/mol. The second-order valence-electron chi connectivity index (χ2n) is 2.13. The van der Waals surface area contributed by atoms with E-state index in [4.69, 9.17) is 4.28 Å². The van der Waals surface area contributed by atoms with Gasteiger partial charge in [0, 0.05) is 24.2 Å². The maximum atomic E-state index is 4.97. The van der Waals surface area contributed by atoms with E-state index in [1.54, 1.807) is 5.17 Å². The predicted octanol–water partition coefficient (Wildman–Crippen LogP) is 1.48. The Morgan fingerprint density at radius 1 is 1.67 bits per heavy atom. The summed E-state index contributed by atoms with van der Waals surface area (Å²) < 4.78 is 4.97. The van der Waals surface area contributed by atoms with E-state index in [0.717, 1.165) is 5.84 Å². The van der Waals surface area contributed by atoms with Crippen LogP contribution in [0.4, 0.5) is 0 Å². The van der Waals surface area contributed by atoms with E-state index in [2.05, 4.69) is 18.9 Å². The Kier molecular flexibility index (Phi) is 1.97. The Morgan fingerprint density at radius 3 is 2.67 bits per heavy atom. The lowest BCUT2D eigenvalue weighted by molar-refractivity contribution is 0.102. The van der Waals surface area contributed by atoms with Gasteiger partial charge in [-0.3, -0.25) is 0 Å². The lowest BCUT2D eigenvalue weighted by Crippen LogP contribution is -2.07. The van der Waals surface area contributed by atoms with Crippen LogP contribution in [-0.4, -0.2) is 17.3 Å². The van der Waals surface area contributed by atoms with Crippen molar-refractivity contribution in [2.24, 2.45) is 11.0 Å². The van der Waals surface area contributed by atoms with Gasteiger partial charge in [0.2, 0.25) is 0 Å². The molecule has 52 valence electrons. The molecule has 0 radical (unpaired) electrons. The summed E-state index contributed by atoms with van der Waals surface area (Å²) in [5.74, 6) is 1.52. The number of hydrogen-bond acceptors (Lipinski definition) is 4. The maximum Gasteiger partial charge on any atom is 0.182 e. The van der Waals surface area contributed by atoms with Gasteiger partial charge in [-0.1, -0.05) is 13.8 Å². The SMILES string of the molecule is CSON1N=C1C(C)C. The Labute approximate surface area is 59.2 Å². The maximum absolute atomic E-state index is 4.97. The van der Waals surface area contributed by atoms with Gasteiger partial charge in [0.1, 0.15) is 0 Å². The van der Waals surface area contributed by atoms with Crippen molar-refractivity contribution in [3.05, 3.63) is 0 Å². The molecule has 0 aromatic rings. The van der Waals surface area contributed by atoms with E-state index < -0.39 is 0 Å². The molecule has 0 spiro atoms. The quantitative estimate of drug-likeness (QED) is 0.564. The van der Waals surface area contributed by atoms with Crippen molar-refractivity contribution in [3.63, 3.8) is 0 Å². The number of amidine groups is 1. The van der Waals surface area contributed by atoms with Crippen molar-refractivity contribution >= 4 is 17.9 Å². The number of hydroxylamine groups is 1. The van der Waals surface area contributed by atoms with Crippen LogP contribution in [0.25, 0.3) is 0 Å². The smallest absolute Gasteiger partial charge is 0.179 e. The van der Waals surface area contributed by atoms with Gasteiger partial charge in [-0.05, 0) is 0 Å². The van der Waals surface area contributed by atoms with Crippen LogP contribution in [0.2, 0.25) is 0 Å². The Balaban J connectivity index is 2.15. The fourth-order valence-electron chi connectivity index (χ4n) is 0.532. The van der Waals surface area contributed by atoms with E-state index in [1.807, 2.05) is 6.26 Å². The molecule has 3 nitrogen and oxygen atoms in total. The van der Waals surface area contributed by atoms with Crippen LogP contribution < -0.4 is 0 Å². The van der Waals surface area contributed by atoms with Crippen molar-refractivity contribution in [2.45, 2.75) is 13.8 Å². The van der Waals surface area contributed by atoms with Crippen LogP contribution in [0.5, 0.6) is 0 Å². The van der Waals surface area contributed by atoms with Crippen molar-refractivity contribution in [1.82, 2.24) is 5.17 Å². The molecule has 0 atom stereocenters. The molecule has 1 aliphatic rings. The molecule has 0 aliphatic carbocycles. The highest BCUT2D eigenvalue weighted by Crippen LogP contribution is 2.20. The third-order valence-electron chi connectivity index (χ3n) is 1.01. The van der Waals surface area contributed by atoms with Crippen LogP contribution in [-0.2, 0) is 4.28 Å². The van der Waals surface area contributed by atoms with Crippen molar-refractivity contribution in [3.8, 4) is 0 Å². The first-order chi connectivity index (χ1) is 4.25. The third kappa shape index (κ3) is 1.59. The molecule has 4 heteroatoms. The minimum Gasteiger partial charge on any atom is -0.179 e. The van der Waals surface area contributed by atoms with E-state index in [9.17, 15) is 0 Å². The second kappa shape index (κ2) is 2.58. The van der Waals surface area contributed by atoms with Gasteiger partial charge in [-0.15, -0.1) is 10.3 Å². The van der Waals surface area contributed by atoms with Gasteiger partial charge in [-0.2, -0.15) is 4.28 Å². The van der Waals surface area contributed by atoms with Crippen molar-refractivity contribution < 1.29 is 4.28 Å². The van der Waals surface area contributed by atoms with Crippen LogP contribution in [0, 0.1) is 5.92 Å². The van der Waals surface area contributed by atoms with Gasteiger partial charge in [0.25, 0.3) is 0 Å². The normalized spacial score (nSPS) is 16.4. The fraction of sp³-hybridized carbons (Fsp3) is 0.800.